The number of carbonyl (C=O) groups excluding carboxylic acids is 1. The first-order chi connectivity index (χ1) is 12.8. The monoisotopic (exact) mass is 375 g/mol. The molecule has 0 saturated heterocycles. The van der Waals surface area contributed by atoms with Crippen LogP contribution >= 0.6 is 0 Å². The lowest BCUT2D eigenvalue weighted by Crippen LogP contribution is -2.48. The number of Topliss-reactive ketones (excluding diaryl/α,β-unsaturated/α-hetero) is 1. The number of carboxylic acid groups (broad SMARTS) is 1. The molecule has 5 atom stereocenters. The molecule has 4 aliphatic carbocycles. The van der Waals surface area contributed by atoms with Gasteiger partial charge in [0.15, 0.2) is 6.61 Å². The molecule has 0 spiro atoms. The van der Waals surface area contributed by atoms with Gasteiger partial charge < -0.3 is 10.2 Å². The fourth-order valence-electron chi connectivity index (χ4n) is 6.13. The lowest BCUT2D eigenvalue weighted by Gasteiger charge is -2.54. The third kappa shape index (κ3) is 2.85. The van der Waals surface area contributed by atoms with Gasteiger partial charge in [0, 0.05) is 11.8 Å². The molecule has 148 valence electrons. The highest BCUT2D eigenvalue weighted by Gasteiger charge is 2.57. The van der Waals surface area contributed by atoms with Gasteiger partial charge in [0.05, 0.1) is 11.8 Å². The van der Waals surface area contributed by atoms with Crippen molar-refractivity contribution in [2.45, 2.75) is 64.9 Å². The summed E-state index contributed by atoms with van der Waals surface area (Å²) in [4.78, 5) is 28.7. The van der Waals surface area contributed by atoms with Crippen molar-refractivity contribution in [3.8, 4) is 0 Å². The molecule has 3 fully saturated rings. The standard InChI is InChI=1S/C21H29NO5/c1-20-7-5-13(23)9-12(20)10-16(22-27-11-18(25)26)19-14-3-4-17(24)21(14,2)8-6-15(19)20/h10,13-15,22-23H,3-9,11H2,1-2H3,(H,25,26)/t13-,14?,15?,20-,21-/m0/s1. The van der Waals surface area contributed by atoms with Crippen LogP contribution in [0.1, 0.15) is 58.8 Å². The Kier molecular flexibility index (Phi) is 4.47. The number of ketones is 1. The fraction of sp³-hybridized carbons (Fsp3) is 0.714. The van der Waals surface area contributed by atoms with E-state index in [4.69, 9.17) is 9.94 Å². The van der Waals surface area contributed by atoms with Crippen molar-refractivity contribution < 1.29 is 24.6 Å². The van der Waals surface area contributed by atoms with Gasteiger partial charge in [-0.1, -0.05) is 19.4 Å². The van der Waals surface area contributed by atoms with Gasteiger partial charge in [0.2, 0.25) is 0 Å². The predicted octanol–water partition coefficient (Wildman–Crippen LogP) is 2.73. The second-order valence-corrected chi connectivity index (χ2v) is 9.16. The van der Waals surface area contributed by atoms with Gasteiger partial charge in [-0.15, -0.1) is 0 Å². The Morgan fingerprint density at radius 3 is 2.67 bits per heavy atom. The van der Waals surface area contributed by atoms with Crippen LogP contribution in [-0.4, -0.2) is 34.7 Å². The lowest BCUT2D eigenvalue weighted by atomic mass is 9.51. The van der Waals surface area contributed by atoms with Crippen LogP contribution < -0.4 is 5.48 Å². The zero-order valence-electron chi connectivity index (χ0n) is 16.1. The lowest BCUT2D eigenvalue weighted by molar-refractivity contribution is -0.144. The second-order valence-electron chi connectivity index (χ2n) is 9.16. The van der Waals surface area contributed by atoms with Crippen LogP contribution in [0.15, 0.2) is 22.9 Å². The van der Waals surface area contributed by atoms with E-state index in [0.717, 1.165) is 37.8 Å². The maximum absolute atomic E-state index is 12.6. The molecule has 27 heavy (non-hydrogen) atoms. The minimum absolute atomic E-state index is 0.000487. The minimum atomic E-state index is -1.03. The molecular weight excluding hydrogens is 346 g/mol. The van der Waals surface area contributed by atoms with Gasteiger partial charge in [-0.3, -0.25) is 15.1 Å². The predicted molar refractivity (Wildman–Crippen MR) is 98.4 cm³/mol. The van der Waals surface area contributed by atoms with E-state index in [0.29, 0.717) is 24.5 Å². The van der Waals surface area contributed by atoms with E-state index >= 15 is 0 Å². The normalized spacial score (nSPS) is 40.8. The van der Waals surface area contributed by atoms with Crippen molar-refractivity contribution in [2.24, 2.45) is 22.7 Å². The second kappa shape index (κ2) is 6.45. The van der Waals surface area contributed by atoms with Crippen LogP contribution in [0.2, 0.25) is 0 Å². The molecule has 4 rings (SSSR count). The summed E-state index contributed by atoms with van der Waals surface area (Å²) >= 11 is 0. The van der Waals surface area contributed by atoms with Gasteiger partial charge in [0.1, 0.15) is 5.78 Å². The maximum atomic E-state index is 12.6. The number of hydrogen-bond donors (Lipinski definition) is 3. The summed E-state index contributed by atoms with van der Waals surface area (Å²) in [5, 5.41) is 19.1. The van der Waals surface area contributed by atoms with Crippen LogP contribution in [0, 0.1) is 22.7 Å². The van der Waals surface area contributed by atoms with E-state index in [1.807, 2.05) is 0 Å². The third-order valence-electron chi connectivity index (χ3n) is 7.73. The van der Waals surface area contributed by atoms with Crippen molar-refractivity contribution >= 4 is 11.8 Å². The van der Waals surface area contributed by atoms with Gasteiger partial charge >= 0.3 is 5.97 Å². The Balaban J connectivity index is 1.76. The first kappa shape index (κ1) is 18.7. The van der Waals surface area contributed by atoms with Crippen LogP contribution in [0.3, 0.4) is 0 Å². The molecule has 0 aromatic heterocycles. The van der Waals surface area contributed by atoms with E-state index in [9.17, 15) is 14.7 Å². The van der Waals surface area contributed by atoms with Crippen molar-refractivity contribution in [3.63, 3.8) is 0 Å². The van der Waals surface area contributed by atoms with E-state index in [1.54, 1.807) is 0 Å². The SMILES string of the molecule is C[C@]12CC[C@H](O)CC1=CC(NOCC(=O)O)=C1C2CC[C@]2(C)C(=O)CCC12. The molecule has 0 aliphatic heterocycles. The number of hydrogen-bond acceptors (Lipinski definition) is 5. The largest absolute Gasteiger partial charge is 0.479 e. The number of fused-ring (bicyclic) bond motifs is 5. The number of carbonyl (C=O) groups is 2. The number of aliphatic carboxylic acids is 1. The zero-order chi connectivity index (χ0) is 19.4. The molecule has 0 radical (unpaired) electrons. The Labute approximate surface area is 159 Å². The number of aliphatic hydroxyl groups excluding tert-OH is 1. The van der Waals surface area contributed by atoms with E-state index in [1.165, 1.54) is 11.1 Å². The van der Waals surface area contributed by atoms with E-state index < -0.39 is 12.6 Å². The topological polar surface area (TPSA) is 95.9 Å². The van der Waals surface area contributed by atoms with Gasteiger partial charge in [-0.25, -0.2) is 4.79 Å². The quantitative estimate of drug-likeness (QED) is 0.654. The molecule has 2 unspecified atom stereocenters. The summed E-state index contributed by atoms with van der Waals surface area (Å²) in [6, 6.07) is 0. The number of carboxylic acids is 1. The summed E-state index contributed by atoms with van der Waals surface area (Å²) in [5.74, 6) is -0.190. The van der Waals surface area contributed by atoms with Crippen LogP contribution in [0.25, 0.3) is 0 Å². The Bertz CT molecular complexity index is 741. The van der Waals surface area contributed by atoms with Crippen molar-refractivity contribution in [1.82, 2.24) is 5.48 Å². The molecule has 0 aromatic carbocycles. The Hall–Kier alpha value is -1.66. The van der Waals surface area contributed by atoms with Crippen molar-refractivity contribution in [3.05, 3.63) is 22.9 Å². The molecule has 0 heterocycles. The highest BCUT2D eigenvalue weighted by Crippen LogP contribution is 2.63. The summed E-state index contributed by atoms with van der Waals surface area (Å²) in [6.45, 7) is 3.97. The van der Waals surface area contributed by atoms with Crippen LogP contribution in [0.4, 0.5) is 0 Å². The Morgan fingerprint density at radius 2 is 1.93 bits per heavy atom. The number of nitrogens with one attached hydrogen (secondary N) is 1. The molecule has 4 aliphatic rings. The molecule has 3 N–H and O–H groups in total. The van der Waals surface area contributed by atoms with Gasteiger partial charge in [0.25, 0.3) is 0 Å². The number of aliphatic hydroxyl groups is 1. The summed E-state index contributed by atoms with van der Waals surface area (Å²) in [7, 11) is 0. The molecular formula is C21H29NO5. The number of hydroxylamine groups is 1. The zero-order valence-corrected chi connectivity index (χ0v) is 16.1. The molecule has 6 nitrogen and oxygen atoms in total. The third-order valence-corrected chi connectivity index (χ3v) is 7.73. The van der Waals surface area contributed by atoms with E-state index in [2.05, 4.69) is 25.4 Å². The molecule has 0 bridgehead atoms. The summed E-state index contributed by atoms with van der Waals surface area (Å²) < 4.78 is 0. The van der Waals surface area contributed by atoms with Gasteiger partial charge in [-0.2, -0.15) is 0 Å². The first-order valence-corrected chi connectivity index (χ1v) is 10.0. The average Bonchev–Trinajstić information content (AvgIpc) is 2.91. The molecule has 6 heteroatoms. The van der Waals surface area contributed by atoms with Crippen molar-refractivity contribution in [1.29, 1.82) is 0 Å². The molecule has 0 aromatic rings. The van der Waals surface area contributed by atoms with E-state index in [-0.39, 0.29) is 22.9 Å². The van der Waals surface area contributed by atoms with Crippen LogP contribution in [0.5, 0.6) is 0 Å². The maximum Gasteiger partial charge on any atom is 0.332 e. The molecule has 3 saturated carbocycles. The van der Waals surface area contributed by atoms with Crippen molar-refractivity contribution in [2.75, 3.05) is 6.61 Å². The fourth-order valence-corrected chi connectivity index (χ4v) is 6.13. The smallest absolute Gasteiger partial charge is 0.332 e. The summed E-state index contributed by atoms with van der Waals surface area (Å²) in [6.07, 6.45) is 7.44. The average molecular weight is 375 g/mol. The Morgan fingerprint density at radius 1 is 1.22 bits per heavy atom. The molecule has 0 amide bonds. The summed E-state index contributed by atoms with van der Waals surface area (Å²) in [5.41, 5.74) is 5.84. The minimum Gasteiger partial charge on any atom is -0.479 e. The van der Waals surface area contributed by atoms with Crippen LogP contribution in [-0.2, 0) is 14.4 Å². The number of rotatable bonds is 4. The highest BCUT2D eigenvalue weighted by molar-refractivity contribution is 5.88. The van der Waals surface area contributed by atoms with Gasteiger partial charge in [-0.05, 0) is 67.4 Å². The highest BCUT2D eigenvalue weighted by atomic mass is 16.7. The first-order valence-electron chi connectivity index (χ1n) is 10.0. The number of allylic oxidation sites excluding steroid dienone is 2.